The molecule has 2 aromatic carbocycles. The summed E-state index contributed by atoms with van der Waals surface area (Å²) < 4.78 is 15.7. The smallest absolute Gasteiger partial charge is 0.344 e. The minimum absolute atomic E-state index is 0.0666. The van der Waals surface area contributed by atoms with E-state index >= 15 is 0 Å². The van der Waals surface area contributed by atoms with Gasteiger partial charge in [-0.25, -0.2) is 9.80 Å². The molecule has 0 radical (unpaired) electrons. The molecule has 0 aromatic heterocycles. The van der Waals surface area contributed by atoms with Crippen molar-refractivity contribution < 1.29 is 28.6 Å². The Labute approximate surface area is 167 Å². The van der Waals surface area contributed by atoms with Crippen molar-refractivity contribution in [1.29, 1.82) is 0 Å². The summed E-state index contributed by atoms with van der Waals surface area (Å²) >= 11 is 0. The summed E-state index contributed by atoms with van der Waals surface area (Å²) in [6, 6.07) is 13.7. The Kier molecular flexibility index (Phi) is 6.13. The number of para-hydroxylation sites is 2. The third-order valence-electron chi connectivity index (χ3n) is 4.07. The lowest BCUT2D eigenvalue weighted by Gasteiger charge is -2.14. The van der Waals surface area contributed by atoms with E-state index < -0.39 is 17.8 Å². The SMILES string of the molecule is CCOC(=O)COc1c(C=C2C(=O)NN(c3ccccc3)C2=O)cccc1OC. The van der Waals surface area contributed by atoms with Crippen LogP contribution in [-0.4, -0.2) is 38.1 Å². The van der Waals surface area contributed by atoms with E-state index in [1.54, 1.807) is 49.4 Å². The summed E-state index contributed by atoms with van der Waals surface area (Å²) in [5.74, 6) is -0.996. The number of anilines is 1. The molecule has 0 unspecified atom stereocenters. The van der Waals surface area contributed by atoms with Crippen LogP contribution in [0, 0.1) is 0 Å². The molecule has 1 aliphatic rings. The second kappa shape index (κ2) is 8.92. The van der Waals surface area contributed by atoms with Gasteiger partial charge >= 0.3 is 5.97 Å². The molecule has 0 bridgehead atoms. The molecule has 1 saturated heterocycles. The second-order valence-electron chi connectivity index (χ2n) is 5.95. The highest BCUT2D eigenvalue weighted by molar-refractivity contribution is 6.31. The number of benzene rings is 2. The van der Waals surface area contributed by atoms with Crippen LogP contribution >= 0.6 is 0 Å². The number of nitrogens with zero attached hydrogens (tertiary/aromatic N) is 1. The van der Waals surface area contributed by atoms with Gasteiger partial charge in [0.1, 0.15) is 5.57 Å². The minimum atomic E-state index is -0.544. The van der Waals surface area contributed by atoms with Gasteiger partial charge in [-0.2, -0.15) is 0 Å². The summed E-state index contributed by atoms with van der Waals surface area (Å²) in [7, 11) is 1.45. The molecule has 1 fully saturated rings. The van der Waals surface area contributed by atoms with Crippen molar-refractivity contribution in [3.05, 3.63) is 59.7 Å². The van der Waals surface area contributed by atoms with Gasteiger partial charge < -0.3 is 14.2 Å². The maximum absolute atomic E-state index is 12.8. The number of amides is 2. The molecule has 29 heavy (non-hydrogen) atoms. The largest absolute Gasteiger partial charge is 0.493 e. The van der Waals surface area contributed by atoms with Gasteiger partial charge in [-0.05, 0) is 31.2 Å². The van der Waals surface area contributed by atoms with Gasteiger partial charge in [0, 0.05) is 5.56 Å². The number of methoxy groups -OCH3 is 1. The van der Waals surface area contributed by atoms with E-state index in [2.05, 4.69) is 5.43 Å². The molecule has 0 saturated carbocycles. The predicted octanol–water partition coefficient (Wildman–Crippen LogP) is 2.10. The van der Waals surface area contributed by atoms with Crippen molar-refractivity contribution in [2.75, 3.05) is 25.3 Å². The van der Waals surface area contributed by atoms with Crippen LogP contribution in [0.2, 0.25) is 0 Å². The summed E-state index contributed by atoms with van der Waals surface area (Å²) in [6.07, 6.45) is 1.41. The molecular formula is C21H20N2O6. The van der Waals surface area contributed by atoms with Crippen molar-refractivity contribution >= 4 is 29.5 Å². The van der Waals surface area contributed by atoms with Gasteiger partial charge in [0.25, 0.3) is 11.8 Å². The number of nitrogens with one attached hydrogen (secondary N) is 1. The Hall–Kier alpha value is -3.81. The predicted molar refractivity (Wildman–Crippen MR) is 105 cm³/mol. The van der Waals surface area contributed by atoms with E-state index in [1.165, 1.54) is 18.2 Å². The number of hydrogen-bond acceptors (Lipinski definition) is 6. The molecule has 1 N–H and O–H groups in total. The van der Waals surface area contributed by atoms with Crippen LogP contribution in [0.1, 0.15) is 12.5 Å². The highest BCUT2D eigenvalue weighted by Crippen LogP contribution is 2.33. The fourth-order valence-corrected chi connectivity index (χ4v) is 2.77. The molecule has 8 heteroatoms. The maximum atomic E-state index is 12.8. The van der Waals surface area contributed by atoms with E-state index in [0.717, 1.165) is 0 Å². The van der Waals surface area contributed by atoms with Crippen LogP contribution < -0.4 is 19.9 Å². The van der Waals surface area contributed by atoms with E-state index in [-0.39, 0.29) is 24.5 Å². The van der Waals surface area contributed by atoms with E-state index in [9.17, 15) is 14.4 Å². The Morgan fingerprint density at radius 1 is 1.10 bits per heavy atom. The summed E-state index contributed by atoms with van der Waals surface area (Å²) in [4.78, 5) is 36.8. The number of hydrazine groups is 1. The van der Waals surface area contributed by atoms with Gasteiger partial charge in [-0.3, -0.25) is 15.0 Å². The van der Waals surface area contributed by atoms with Crippen LogP contribution in [0.4, 0.5) is 5.69 Å². The zero-order chi connectivity index (χ0) is 20.8. The maximum Gasteiger partial charge on any atom is 0.344 e. The number of carbonyl (C=O) groups excluding carboxylic acids is 3. The fraction of sp³-hybridized carbons (Fsp3) is 0.190. The Morgan fingerprint density at radius 2 is 1.86 bits per heavy atom. The van der Waals surface area contributed by atoms with Crippen molar-refractivity contribution in [2.45, 2.75) is 6.92 Å². The van der Waals surface area contributed by atoms with Crippen LogP contribution in [-0.2, 0) is 19.1 Å². The van der Waals surface area contributed by atoms with E-state index in [4.69, 9.17) is 14.2 Å². The van der Waals surface area contributed by atoms with Gasteiger partial charge in [0.2, 0.25) is 0 Å². The molecule has 8 nitrogen and oxygen atoms in total. The van der Waals surface area contributed by atoms with Gasteiger partial charge in [0.15, 0.2) is 18.1 Å². The summed E-state index contributed by atoms with van der Waals surface area (Å²) in [6.45, 7) is 1.59. The first-order chi connectivity index (χ1) is 14.0. The lowest BCUT2D eigenvalue weighted by molar-refractivity contribution is -0.145. The van der Waals surface area contributed by atoms with Crippen molar-refractivity contribution in [1.82, 2.24) is 5.43 Å². The van der Waals surface area contributed by atoms with Gasteiger partial charge in [-0.1, -0.05) is 30.3 Å². The highest BCUT2D eigenvalue weighted by atomic mass is 16.6. The lowest BCUT2D eigenvalue weighted by Crippen LogP contribution is -2.35. The Balaban J connectivity index is 1.92. The third-order valence-corrected chi connectivity index (χ3v) is 4.07. The van der Waals surface area contributed by atoms with Crippen molar-refractivity contribution in [2.24, 2.45) is 0 Å². The molecule has 1 heterocycles. The third kappa shape index (κ3) is 4.37. The van der Waals surface area contributed by atoms with E-state index in [0.29, 0.717) is 17.0 Å². The van der Waals surface area contributed by atoms with Gasteiger partial charge in [0.05, 0.1) is 19.4 Å². The molecular weight excluding hydrogens is 376 g/mol. The van der Waals surface area contributed by atoms with Crippen molar-refractivity contribution in [3.8, 4) is 11.5 Å². The normalized spacial score (nSPS) is 14.7. The van der Waals surface area contributed by atoms with Gasteiger partial charge in [-0.15, -0.1) is 0 Å². The van der Waals surface area contributed by atoms with Crippen LogP contribution in [0.3, 0.4) is 0 Å². The number of rotatable bonds is 7. The Bertz CT molecular complexity index is 955. The van der Waals surface area contributed by atoms with Crippen LogP contribution in [0.15, 0.2) is 54.1 Å². The first-order valence-electron chi connectivity index (χ1n) is 8.92. The number of carbonyl (C=O) groups is 3. The quantitative estimate of drug-likeness (QED) is 0.438. The molecule has 1 aliphatic heterocycles. The molecule has 0 spiro atoms. The standard InChI is InChI=1S/C21H20N2O6/c1-3-28-18(24)13-29-19-14(8-7-11-17(19)27-2)12-16-20(25)22-23(21(16)26)15-9-5-4-6-10-15/h4-12H,3,13H2,1-2H3,(H,22,25). The number of ether oxygens (including phenoxy) is 3. The lowest BCUT2D eigenvalue weighted by atomic mass is 10.1. The van der Waals surface area contributed by atoms with Crippen LogP contribution in [0.25, 0.3) is 6.08 Å². The highest BCUT2D eigenvalue weighted by Gasteiger charge is 2.34. The fourth-order valence-electron chi connectivity index (χ4n) is 2.77. The average Bonchev–Trinajstić information content (AvgIpc) is 3.01. The zero-order valence-electron chi connectivity index (χ0n) is 16.0. The molecule has 0 aliphatic carbocycles. The molecule has 150 valence electrons. The monoisotopic (exact) mass is 396 g/mol. The number of hydrogen-bond donors (Lipinski definition) is 1. The average molecular weight is 396 g/mol. The topological polar surface area (TPSA) is 94.2 Å². The first-order valence-corrected chi connectivity index (χ1v) is 8.92. The molecule has 3 rings (SSSR count). The molecule has 0 atom stereocenters. The Morgan fingerprint density at radius 3 is 2.55 bits per heavy atom. The first kappa shape index (κ1) is 19.9. The van der Waals surface area contributed by atoms with Crippen molar-refractivity contribution in [3.63, 3.8) is 0 Å². The summed E-state index contributed by atoms with van der Waals surface area (Å²) in [5.41, 5.74) is 3.43. The number of esters is 1. The second-order valence-corrected chi connectivity index (χ2v) is 5.95. The van der Waals surface area contributed by atoms with Crippen LogP contribution in [0.5, 0.6) is 11.5 Å². The zero-order valence-corrected chi connectivity index (χ0v) is 16.0. The molecule has 2 amide bonds. The summed E-state index contributed by atoms with van der Waals surface area (Å²) in [5, 5.41) is 1.17. The molecule has 2 aromatic rings. The van der Waals surface area contributed by atoms with E-state index in [1.807, 2.05) is 6.07 Å². The minimum Gasteiger partial charge on any atom is -0.493 e.